The van der Waals surface area contributed by atoms with Crippen molar-refractivity contribution >= 4 is 0 Å². The van der Waals surface area contributed by atoms with Crippen LogP contribution in [0.15, 0.2) is 23.8 Å². The maximum Gasteiger partial charge on any atom is -0.0130 e. The van der Waals surface area contributed by atoms with Crippen molar-refractivity contribution in [3.8, 4) is 0 Å². The average molecular weight is 178 g/mol. The number of allylic oxidation sites excluding steroid dienone is 4. The molecule has 0 saturated heterocycles. The summed E-state index contributed by atoms with van der Waals surface area (Å²) >= 11 is 0. The van der Waals surface area contributed by atoms with Crippen molar-refractivity contribution in [3.05, 3.63) is 23.8 Å². The lowest BCUT2D eigenvalue weighted by molar-refractivity contribution is 0.484. The van der Waals surface area contributed by atoms with Crippen LogP contribution in [0.1, 0.15) is 52.4 Å². The molecule has 0 bridgehead atoms. The van der Waals surface area contributed by atoms with Crippen LogP contribution in [0.4, 0.5) is 0 Å². The van der Waals surface area contributed by atoms with Gasteiger partial charge in [-0.2, -0.15) is 0 Å². The van der Waals surface area contributed by atoms with E-state index in [2.05, 4.69) is 32.1 Å². The van der Waals surface area contributed by atoms with Gasteiger partial charge < -0.3 is 0 Å². The molecule has 0 spiro atoms. The monoisotopic (exact) mass is 178 g/mol. The summed E-state index contributed by atoms with van der Waals surface area (Å²) in [6, 6.07) is 0. The summed E-state index contributed by atoms with van der Waals surface area (Å²) in [5.41, 5.74) is 1.68. The van der Waals surface area contributed by atoms with Crippen molar-refractivity contribution in [1.29, 1.82) is 0 Å². The van der Waals surface area contributed by atoms with Gasteiger partial charge in [0.2, 0.25) is 0 Å². The van der Waals surface area contributed by atoms with E-state index in [1.807, 2.05) is 0 Å². The van der Waals surface area contributed by atoms with E-state index in [1.165, 1.54) is 38.5 Å². The van der Waals surface area contributed by atoms with Gasteiger partial charge in [-0.05, 0) is 25.2 Å². The zero-order valence-corrected chi connectivity index (χ0v) is 9.05. The van der Waals surface area contributed by atoms with Crippen LogP contribution < -0.4 is 0 Å². The molecule has 1 atom stereocenters. The van der Waals surface area contributed by atoms with E-state index in [1.54, 1.807) is 5.57 Å². The molecule has 74 valence electrons. The van der Waals surface area contributed by atoms with Crippen molar-refractivity contribution in [3.63, 3.8) is 0 Å². The fourth-order valence-electron chi connectivity index (χ4n) is 2.08. The first-order valence-corrected chi connectivity index (χ1v) is 5.74. The molecule has 0 aromatic rings. The Hall–Kier alpha value is -0.520. The highest BCUT2D eigenvalue weighted by atomic mass is 14.2. The van der Waals surface area contributed by atoms with Gasteiger partial charge in [0.15, 0.2) is 0 Å². The molecule has 1 unspecified atom stereocenters. The van der Waals surface area contributed by atoms with Gasteiger partial charge in [0.05, 0.1) is 0 Å². The lowest BCUT2D eigenvalue weighted by Crippen LogP contribution is -2.02. The predicted molar refractivity (Wildman–Crippen MR) is 59.8 cm³/mol. The standard InChI is InChI=1S/C13H22/c1-3-5-9-12(8-4-2)13-10-6-7-11-13/h6-7,10,12H,3-5,8-9,11H2,1-2H3. The Morgan fingerprint density at radius 2 is 2.08 bits per heavy atom. The van der Waals surface area contributed by atoms with Gasteiger partial charge in [-0.1, -0.05) is 56.9 Å². The van der Waals surface area contributed by atoms with Crippen LogP contribution in [0.3, 0.4) is 0 Å². The fourth-order valence-corrected chi connectivity index (χ4v) is 2.08. The van der Waals surface area contributed by atoms with Gasteiger partial charge >= 0.3 is 0 Å². The number of hydrogen-bond acceptors (Lipinski definition) is 0. The molecule has 0 fully saturated rings. The Bertz CT molecular complexity index is 186. The summed E-state index contributed by atoms with van der Waals surface area (Å²) in [6.45, 7) is 4.58. The third-order valence-electron chi connectivity index (χ3n) is 2.87. The van der Waals surface area contributed by atoms with Crippen molar-refractivity contribution in [2.75, 3.05) is 0 Å². The molecular weight excluding hydrogens is 156 g/mol. The molecule has 0 heterocycles. The molecule has 0 N–H and O–H groups in total. The summed E-state index contributed by atoms with van der Waals surface area (Å²) < 4.78 is 0. The second-order valence-corrected chi connectivity index (χ2v) is 4.00. The van der Waals surface area contributed by atoms with Crippen LogP contribution in [0.2, 0.25) is 0 Å². The highest BCUT2D eigenvalue weighted by molar-refractivity contribution is 5.24. The molecule has 0 radical (unpaired) electrons. The highest BCUT2D eigenvalue weighted by Gasteiger charge is 2.13. The number of rotatable bonds is 6. The Labute approximate surface area is 82.7 Å². The Balaban J connectivity index is 2.37. The molecular formula is C13H22. The maximum atomic E-state index is 2.33. The number of hydrogen-bond donors (Lipinski definition) is 0. The SMILES string of the molecule is CCCCC(CCC)C1=CC=CC1. The van der Waals surface area contributed by atoms with Gasteiger partial charge in [0.1, 0.15) is 0 Å². The molecule has 0 aliphatic heterocycles. The van der Waals surface area contributed by atoms with Gasteiger partial charge in [-0.25, -0.2) is 0 Å². The van der Waals surface area contributed by atoms with E-state index in [0.717, 1.165) is 5.92 Å². The van der Waals surface area contributed by atoms with Gasteiger partial charge in [-0.15, -0.1) is 0 Å². The van der Waals surface area contributed by atoms with E-state index >= 15 is 0 Å². The topological polar surface area (TPSA) is 0 Å². The summed E-state index contributed by atoms with van der Waals surface area (Å²) in [7, 11) is 0. The van der Waals surface area contributed by atoms with Gasteiger partial charge in [0.25, 0.3) is 0 Å². The molecule has 1 aliphatic carbocycles. The Kier molecular flexibility index (Phi) is 4.88. The quantitative estimate of drug-likeness (QED) is 0.562. The Morgan fingerprint density at radius 1 is 1.23 bits per heavy atom. The first kappa shape index (κ1) is 10.6. The Morgan fingerprint density at radius 3 is 2.62 bits per heavy atom. The average Bonchev–Trinajstić information content (AvgIpc) is 2.65. The lowest BCUT2D eigenvalue weighted by atomic mass is 9.89. The largest absolute Gasteiger partial charge is 0.0805 e. The van der Waals surface area contributed by atoms with E-state index in [0.29, 0.717) is 0 Å². The molecule has 13 heavy (non-hydrogen) atoms. The summed E-state index contributed by atoms with van der Waals surface area (Å²) in [4.78, 5) is 0. The third-order valence-corrected chi connectivity index (χ3v) is 2.87. The van der Waals surface area contributed by atoms with Crippen LogP contribution in [-0.2, 0) is 0 Å². The molecule has 0 nitrogen and oxygen atoms in total. The third kappa shape index (κ3) is 3.38. The number of unbranched alkanes of at least 4 members (excludes halogenated alkanes) is 1. The zero-order valence-electron chi connectivity index (χ0n) is 9.05. The van der Waals surface area contributed by atoms with E-state index in [-0.39, 0.29) is 0 Å². The van der Waals surface area contributed by atoms with E-state index in [9.17, 15) is 0 Å². The van der Waals surface area contributed by atoms with Crippen LogP contribution in [0.25, 0.3) is 0 Å². The minimum atomic E-state index is 0.875. The van der Waals surface area contributed by atoms with Crippen molar-refractivity contribution in [2.45, 2.75) is 52.4 Å². The van der Waals surface area contributed by atoms with Crippen molar-refractivity contribution < 1.29 is 0 Å². The summed E-state index contributed by atoms with van der Waals surface area (Å²) in [5.74, 6) is 0.875. The smallest absolute Gasteiger partial charge is 0.0130 e. The first-order valence-electron chi connectivity index (χ1n) is 5.74. The fraction of sp³-hybridized carbons (Fsp3) is 0.692. The molecule has 1 aliphatic rings. The summed E-state index contributed by atoms with van der Waals surface area (Å²) in [5, 5.41) is 0. The molecule has 0 heteroatoms. The van der Waals surface area contributed by atoms with Gasteiger partial charge in [0, 0.05) is 0 Å². The summed E-state index contributed by atoms with van der Waals surface area (Å²) in [6.07, 6.45) is 14.9. The van der Waals surface area contributed by atoms with Gasteiger partial charge in [-0.3, -0.25) is 0 Å². The minimum absolute atomic E-state index is 0.875. The normalized spacial score (nSPS) is 17.5. The van der Waals surface area contributed by atoms with Crippen LogP contribution in [-0.4, -0.2) is 0 Å². The van der Waals surface area contributed by atoms with Crippen molar-refractivity contribution in [2.24, 2.45) is 5.92 Å². The molecule has 0 saturated carbocycles. The molecule has 0 aromatic heterocycles. The molecule has 0 amide bonds. The van der Waals surface area contributed by atoms with Crippen LogP contribution in [0, 0.1) is 5.92 Å². The zero-order chi connectivity index (χ0) is 9.52. The first-order chi connectivity index (χ1) is 6.38. The van der Waals surface area contributed by atoms with Crippen LogP contribution >= 0.6 is 0 Å². The highest BCUT2D eigenvalue weighted by Crippen LogP contribution is 2.28. The van der Waals surface area contributed by atoms with E-state index < -0.39 is 0 Å². The predicted octanol–water partition coefficient (Wildman–Crippen LogP) is 4.48. The molecule has 1 rings (SSSR count). The second-order valence-electron chi connectivity index (χ2n) is 4.00. The van der Waals surface area contributed by atoms with Crippen molar-refractivity contribution in [1.82, 2.24) is 0 Å². The van der Waals surface area contributed by atoms with E-state index in [4.69, 9.17) is 0 Å². The molecule has 0 aromatic carbocycles. The van der Waals surface area contributed by atoms with Crippen LogP contribution in [0.5, 0.6) is 0 Å². The maximum absolute atomic E-state index is 2.33. The second kappa shape index (κ2) is 6.01. The minimum Gasteiger partial charge on any atom is -0.0805 e. The lowest BCUT2D eigenvalue weighted by Gasteiger charge is -2.17.